The van der Waals surface area contributed by atoms with Crippen molar-refractivity contribution in [2.24, 2.45) is 0 Å². The number of fused-ring (bicyclic) bond motifs is 1. The van der Waals surface area contributed by atoms with Crippen molar-refractivity contribution in [1.29, 1.82) is 0 Å². The first kappa shape index (κ1) is 14.5. The first-order valence-corrected chi connectivity index (χ1v) is 8.27. The molecule has 3 aromatic rings. The molecule has 0 aliphatic carbocycles. The Hall–Kier alpha value is -2.14. The predicted molar refractivity (Wildman–Crippen MR) is 90.6 cm³/mol. The second-order valence-electron chi connectivity index (χ2n) is 6.55. The minimum absolute atomic E-state index is 0.460. The van der Waals surface area contributed by atoms with E-state index in [0.29, 0.717) is 5.92 Å². The van der Waals surface area contributed by atoms with Crippen LogP contribution in [0.3, 0.4) is 0 Å². The van der Waals surface area contributed by atoms with Gasteiger partial charge < -0.3 is 14.8 Å². The molecule has 4 rings (SSSR count). The van der Waals surface area contributed by atoms with E-state index in [1.807, 2.05) is 13.8 Å². The highest BCUT2D eigenvalue weighted by atomic mass is 16.5. The van der Waals surface area contributed by atoms with Gasteiger partial charge in [-0.1, -0.05) is 5.16 Å². The number of H-pyrrole nitrogens is 1. The Labute approximate surface area is 135 Å². The fraction of sp³-hybridized carbons (Fsp3) is 0.444. The fourth-order valence-corrected chi connectivity index (χ4v) is 3.67. The normalized spacial score (nSPS) is 18.7. The van der Waals surface area contributed by atoms with E-state index >= 15 is 0 Å². The van der Waals surface area contributed by atoms with Crippen LogP contribution in [0, 0.1) is 20.8 Å². The summed E-state index contributed by atoms with van der Waals surface area (Å²) in [5.41, 5.74) is 6.37. The van der Waals surface area contributed by atoms with E-state index in [4.69, 9.17) is 9.51 Å². The van der Waals surface area contributed by atoms with E-state index in [1.54, 1.807) is 0 Å². The number of hydrogen-bond donors (Lipinski definition) is 2. The minimum atomic E-state index is 0.460. The van der Waals surface area contributed by atoms with Crippen LogP contribution in [0.25, 0.3) is 22.2 Å². The van der Waals surface area contributed by atoms with Crippen LogP contribution < -0.4 is 5.32 Å². The third-order valence-corrected chi connectivity index (χ3v) is 4.75. The number of nitrogens with zero attached hydrogens (tertiary/aromatic N) is 2. The summed E-state index contributed by atoms with van der Waals surface area (Å²) in [6, 6.07) is 4.33. The second-order valence-corrected chi connectivity index (χ2v) is 6.55. The summed E-state index contributed by atoms with van der Waals surface area (Å²) in [5.74, 6) is 1.28. The van der Waals surface area contributed by atoms with Crippen molar-refractivity contribution < 1.29 is 4.52 Å². The molecule has 120 valence electrons. The minimum Gasteiger partial charge on any atom is -0.361 e. The Morgan fingerprint density at radius 1 is 1.22 bits per heavy atom. The van der Waals surface area contributed by atoms with Crippen molar-refractivity contribution in [2.45, 2.75) is 39.5 Å². The molecule has 0 radical (unpaired) electrons. The third-order valence-electron chi connectivity index (χ3n) is 4.75. The van der Waals surface area contributed by atoms with Gasteiger partial charge in [-0.15, -0.1) is 0 Å². The molecule has 23 heavy (non-hydrogen) atoms. The van der Waals surface area contributed by atoms with Crippen molar-refractivity contribution in [3.05, 3.63) is 35.0 Å². The molecule has 3 aromatic heterocycles. The van der Waals surface area contributed by atoms with Gasteiger partial charge in [-0.2, -0.15) is 0 Å². The Morgan fingerprint density at radius 2 is 2.09 bits per heavy atom. The molecule has 4 heterocycles. The number of rotatable bonds is 2. The molecule has 0 saturated carbocycles. The quantitative estimate of drug-likeness (QED) is 0.759. The Balaban J connectivity index is 1.93. The Morgan fingerprint density at radius 3 is 2.78 bits per heavy atom. The highest BCUT2D eigenvalue weighted by Crippen LogP contribution is 2.34. The molecular weight excluding hydrogens is 288 g/mol. The van der Waals surface area contributed by atoms with Gasteiger partial charge in [0.15, 0.2) is 0 Å². The van der Waals surface area contributed by atoms with E-state index in [0.717, 1.165) is 41.3 Å². The second kappa shape index (κ2) is 5.49. The van der Waals surface area contributed by atoms with Crippen LogP contribution in [0.5, 0.6) is 0 Å². The molecular formula is C18H22N4O. The monoisotopic (exact) mass is 310 g/mol. The third kappa shape index (κ3) is 2.45. The number of aromatic nitrogens is 3. The smallest absolute Gasteiger partial charge is 0.143 e. The van der Waals surface area contributed by atoms with Crippen LogP contribution >= 0.6 is 0 Å². The molecule has 1 fully saturated rings. The lowest BCUT2D eigenvalue weighted by atomic mass is 9.93. The lowest BCUT2D eigenvalue weighted by Gasteiger charge is -2.23. The van der Waals surface area contributed by atoms with Crippen LogP contribution in [0.1, 0.15) is 41.6 Å². The SMILES string of the molecule is Cc1cc2c(C3CCCNC3)nc(-c3c(C)noc3C)cc2[nH]1. The van der Waals surface area contributed by atoms with E-state index < -0.39 is 0 Å². The number of piperidine rings is 1. The molecule has 1 aliphatic heterocycles. The zero-order chi connectivity index (χ0) is 16.0. The number of pyridine rings is 1. The van der Waals surface area contributed by atoms with Crippen LogP contribution in [0.2, 0.25) is 0 Å². The summed E-state index contributed by atoms with van der Waals surface area (Å²) in [6.07, 6.45) is 2.39. The van der Waals surface area contributed by atoms with E-state index in [2.05, 4.69) is 34.5 Å². The topological polar surface area (TPSA) is 66.7 Å². The van der Waals surface area contributed by atoms with Gasteiger partial charge >= 0.3 is 0 Å². The molecule has 1 saturated heterocycles. The summed E-state index contributed by atoms with van der Waals surface area (Å²) in [5, 5.41) is 8.83. The van der Waals surface area contributed by atoms with Crippen LogP contribution in [0.4, 0.5) is 0 Å². The zero-order valence-electron chi connectivity index (χ0n) is 13.9. The summed E-state index contributed by atoms with van der Waals surface area (Å²) in [4.78, 5) is 8.51. The molecule has 0 spiro atoms. The molecule has 5 heteroatoms. The maximum Gasteiger partial charge on any atom is 0.143 e. The van der Waals surface area contributed by atoms with Gasteiger partial charge in [-0.25, -0.2) is 0 Å². The number of nitrogens with one attached hydrogen (secondary N) is 2. The van der Waals surface area contributed by atoms with E-state index in [-0.39, 0.29) is 0 Å². The summed E-state index contributed by atoms with van der Waals surface area (Å²) in [7, 11) is 0. The molecule has 0 bridgehead atoms. The van der Waals surface area contributed by atoms with Gasteiger partial charge in [0.1, 0.15) is 5.76 Å². The van der Waals surface area contributed by atoms with Crippen LogP contribution in [0.15, 0.2) is 16.7 Å². The van der Waals surface area contributed by atoms with Gasteiger partial charge in [-0.05, 0) is 52.3 Å². The maximum atomic E-state index is 5.34. The zero-order valence-corrected chi connectivity index (χ0v) is 13.9. The van der Waals surface area contributed by atoms with Gasteiger partial charge in [0.25, 0.3) is 0 Å². The number of aromatic amines is 1. The van der Waals surface area contributed by atoms with Gasteiger partial charge in [-0.3, -0.25) is 4.98 Å². The van der Waals surface area contributed by atoms with Crippen LogP contribution in [-0.4, -0.2) is 28.2 Å². The first-order valence-electron chi connectivity index (χ1n) is 8.27. The summed E-state index contributed by atoms with van der Waals surface area (Å²) < 4.78 is 5.34. The standard InChI is InChI=1S/C18H22N4O/c1-10-7-14-15(20-10)8-16(17-11(2)22-23-12(17)3)21-18(14)13-5-4-6-19-9-13/h7-8,13,19-20H,4-6,9H2,1-3H3. The van der Waals surface area contributed by atoms with Crippen LogP contribution in [-0.2, 0) is 0 Å². The predicted octanol–water partition coefficient (Wildman–Crippen LogP) is 3.61. The molecule has 1 aliphatic rings. The first-order chi connectivity index (χ1) is 11.1. The number of hydrogen-bond acceptors (Lipinski definition) is 4. The van der Waals surface area contributed by atoms with E-state index in [9.17, 15) is 0 Å². The molecule has 1 atom stereocenters. The average molecular weight is 310 g/mol. The Bertz CT molecular complexity index is 836. The molecule has 1 unspecified atom stereocenters. The van der Waals surface area contributed by atoms with Gasteiger partial charge in [0.2, 0.25) is 0 Å². The summed E-state index contributed by atoms with van der Waals surface area (Å²) >= 11 is 0. The highest BCUT2D eigenvalue weighted by Gasteiger charge is 2.22. The van der Waals surface area contributed by atoms with Crippen molar-refractivity contribution in [2.75, 3.05) is 13.1 Å². The number of aryl methyl sites for hydroxylation is 3. The molecule has 2 N–H and O–H groups in total. The molecule has 0 amide bonds. The Kier molecular flexibility index (Phi) is 3.45. The van der Waals surface area contributed by atoms with Crippen molar-refractivity contribution in [1.82, 2.24) is 20.4 Å². The van der Waals surface area contributed by atoms with E-state index in [1.165, 1.54) is 29.6 Å². The van der Waals surface area contributed by atoms with Gasteiger partial charge in [0, 0.05) is 29.1 Å². The fourth-order valence-electron chi connectivity index (χ4n) is 3.67. The summed E-state index contributed by atoms with van der Waals surface area (Å²) in [6.45, 7) is 8.12. The molecule has 0 aromatic carbocycles. The lowest BCUT2D eigenvalue weighted by molar-refractivity contribution is 0.393. The molecule has 5 nitrogen and oxygen atoms in total. The maximum absolute atomic E-state index is 5.34. The average Bonchev–Trinajstić information content (AvgIpc) is 3.08. The van der Waals surface area contributed by atoms with Crippen molar-refractivity contribution >= 4 is 10.9 Å². The lowest BCUT2D eigenvalue weighted by Crippen LogP contribution is -2.29. The highest BCUT2D eigenvalue weighted by molar-refractivity contribution is 5.87. The van der Waals surface area contributed by atoms with Crippen molar-refractivity contribution in [3.63, 3.8) is 0 Å². The largest absolute Gasteiger partial charge is 0.361 e. The van der Waals surface area contributed by atoms with Gasteiger partial charge in [0.05, 0.1) is 22.6 Å². The van der Waals surface area contributed by atoms with Crippen molar-refractivity contribution in [3.8, 4) is 11.3 Å².